The lowest BCUT2D eigenvalue weighted by atomic mass is 10.1. The van der Waals surface area contributed by atoms with Crippen LogP contribution < -0.4 is 5.56 Å². The molecule has 0 aliphatic rings. The molecule has 29 heavy (non-hydrogen) atoms. The third kappa shape index (κ3) is 3.83. The van der Waals surface area contributed by atoms with Gasteiger partial charge in [0, 0.05) is 23.1 Å². The predicted octanol–water partition coefficient (Wildman–Crippen LogP) is 5.61. The number of aryl methyl sites for hydroxylation is 1. The summed E-state index contributed by atoms with van der Waals surface area (Å²) in [6, 6.07) is 13.9. The molecule has 6 nitrogen and oxygen atoms in total. The first-order valence-electron chi connectivity index (χ1n) is 8.63. The average molecular weight is 424 g/mol. The van der Waals surface area contributed by atoms with Gasteiger partial charge in [0.1, 0.15) is 4.83 Å². The highest BCUT2D eigenvalue weighted by molar-refractivity contribution is 7.17. The quantitative estimate of drug-likeness (QED) is 0.341. The highest BCUT2D eigenvalue weighted by Crippen LogP contribution is 2.32. The van der Waals surface area contributed by atoms with Gasteiger partial charge in [-0.2, -0.15) is 0 Å². The monoisotopic (exact) mass is 423 g/mol. The fourth-order valence-corrected chi connectivity index (χ4v) is 4.08. The zero-order valence-electron chi connectivity index (χ0n) is 15.2. The van der Waals surface area contributed by atoms with E-state index in [4.69, 9.17) is 11.6 Å². The van der Waals surface area contributed by atoms with Crippen molar-refractivity contribution < 1.29 is 4.92 Å². The minimum atomic E-state index is -0.468. The van der Waals surface area contributed by atoms with Crippen LogP contribution in [0.3, 0.4) is 0 Å². The lowest BCUT2D eigenvalue weighted by molar-refractivity contribution is -0.384. The number of nitro benzene ring substituents is 1. The number of aromatic amines is 1. The summed E-state index contributed by atoms with van der Waals surface area (Å²) in [6.07, 6.45) is 1.60. The van der Waals surface area contributed by atoms with Crippen molar-refractivity contribution in [2.45, 2.75) is 6.92 Å². The molecule has 2 aromatic carbocycles. The first-order valence-corrected chi connectivity index (χ1v) is 9.89. The predicted molar refractivity (Wildman–Crippen MR) is 117 cm³/mol. The highest BCUT2D eigenvalue weighted by Gasteiger charge is 2.14. The lowest BCUT2D eigenvalue weighted by Crippen LogP contribution is -2.10. The van der Waals surface area contributed by atoms with Gasteiger partial charge in [-0.25, -0.2) is 4.98 Å². The van der Waals surface area contributed by atoms with Crippen LogP contribution in [-0.2, 0) is 0 Å². The number of aromatic nitrogens is 2. The van der Waals surface area contributed by atoms with Crippen LogP contribution in [0.5, 0.6) is 0 Å². The Morgan fingerprint density at radius 2 is 1.86 bits per heavy atom. The second kappa shape index (κ2) is 7.62. The largest absolute Gasteiger partial charge is 0.305 e. The molecule has 0 fully saturated rings. The molecule has 144 valence electrons. The van der Waals surface area contributed by atoms with E-state index >= 15 is 0 Å². The van der Waals surface area contributed by atoms with Crippen LogP contribution in [0.25, 0.3) is 32.5 Å². The molecule has 0 atom stereocenters. The van der Waals surface area contributed by atoms with E-state index in [1.54, 1.807) is 18.2 Å². The number of H-pyrrole nitrogens is 1. The van der Waals surface area contributed by atoms with Crippen molar-refractivity contribution in [3.8, 4) is 11.1 Å². The van der Waals surface area contributed by atoms with Gasteiger partial charge in [0.15, 0.2) is 5.82 Å². The van der Waals surface area contributed by atoms with E-state index in [1.807, 2.05) is 36.6 Å². The molecular formula is C21H14ClN3O3S. The Balaban J connectivity index is 1.73. The number of nitrogens with zero attached hydrogens (tertiary/aromatic N) is 2. The maximum Gasteiger partial charge on any atom is 0.269 e. The molecule has 0 saturated heterocycles. The van der Waals surface area contributed by atoms with Crippen LogP contribution in [0.2, 0.25) is 0 Å². The summed E-state index contributed by atoms with van der Waals surface area (Å²) in [7, 11) is 0. The Morgan fingerprint density at radius 1 is 1.17 bits per heavy atom. The van der Waals surface area contributed by atoms with Gasteiger partial charge in [0.25, 0.3) is 11.2 Å². The molecule has 2 aromatic heterocycles. The fraction of sp³-hybridized carbons (Fsp3) is 0.0476. The summed E-state index contributed by atoms with van der Waals surface area (Å²) >= 11 is 7.73. The van der Waals surface area contributed by atoms with Crippen LogP contribution in [-0.4, -0.2) is 14.9 Å². The van der Waals surface area contributed by atoms with Crippen molar-refractivity contribution in [3.63, 3.8) is 0 Å². The second-order valence-electron chi connectivity index (χ2n) is 6.45. The van der Waals surface area contributed by atoms with Crippen molar-refractivity contribution in [1.82, 2.24) is 9.97 Å². The number of thiophene rings is 1. The topological polar surface area (TPSA) is 88.9 Å². The number of non-ortho nitro benzene ring substituents is 1. The maximum absolute atomic E-state index is 12.7. The van der Waals surface area contributed by atoms with Crippen molar-refractivity contribution in [3.05, 3.63) is 91.3 Å². The van der Waals surface area contributed by atoms with Crippen molar-refractivity contribution in [2.75, 3.05) is 0 Å². The smallest absolute Gasteiger partial charge is 0.269 e. The van der Waals surface area contributed by atoms with Crippen LogP contribution in [0.15, 0.2) is 58.7 Å². The Labute approximate surface area is 174 Å². The van der Waals surface area contributed by atoms with Crippen molar-refractivity contribution in [2.24, 2.45) is 0 Å². The molecule has 2 heterocycles. The molecule has 0 spiro atoms. The molecular weight excluding hydrogens is 410 g/mol. The summed E-state index contributed by atoms with van der Waals surface area (Å²) in [4.78, 5) is 30.9. The number of nitrogens with one attached hydrogen (secondary N) is 1. The van der Waals surface area contributed by atoms with Gasteiger partial charge in [0.05, 0.1) is 15.3 Å². The summed E-state index contributed by atoms with van der Waals surface area (Å²) in [5.41, 5.74) is 3.32. The van der Waals surface area contributed by atoms with Gasteiger partial charge < -0.3 is 4.98 Å². The van der Waals surface area contributed by atoms with Crippen molar-refractivity contribution >= 4 is 50.0 Å². The molecule has 0 radical (unpaired) electrons. The molecule has 4 aromatic rings. The zero-order chi connectivity index (χ0) is 20.5. The molecule has 0 aliphatic carbocycles. The number of halogens is 1. The third-order valence-corrected chi connectivity index (χ3v) is 5.59. The van der Waals surface area contributed by atoms with E-state index in [-0.39, 0.29) is 22.1 Å². The van der Waals surface area contributed by atoms with Gasteiger partial charge >= 0.3 is 0 Å². The molecule has 0 saturated carbocycles. The van der Waals surface area contributed by atoms with Gasteiger partial charge in [-0.05, 0) is 36.3 Å². The second-order valence-corrected chi connectivity index (χ2v) is 7.72. The zero-order valence-corrected chi connectivity index (χ0v) is 16.8. The minimum absolute atomic E-state index is 0.00607. The summed E-state index contributed by atoms with van der Waals surface area (Å²) in [6.45, 7) is 2.01. The number of hydrogen-bond acceptors (Lipinski definition) is 5. The minimum Gasteiger partial charge on any atom is -0.305 e. The van der Waals surface area contributed by atoms with E-state index in [1.165, 1.54) is 23.5 Å². The lowest BCUT2D eigenvalue weighted by Gasteiger charge is -2.02. The van der Waals surface area contributed by atoms with E-state index < -0.39 is 4.92 Å². The molecule has 8 heteroatoms. The first-order chi connectivity index (χ1) is 13.9. The summed E-state index contributed by atoms with van der Waals surface area (Å²) < 4.78 is 0. The number of hydrogen-bond donors (Lipinski definition) is 1. The number of nitro groups is 1. The SMILES string of the molecule is Cc1ccc(-c2csc3nc(/C(Cl)=C/c4ccc([N+](=O)[O-])cc4)[nH]c(=O)c23)cc1. The van der Waals surface area contributed by atoms with E-state index in [2.05, 4.69) is 9.97 Å². The molecule has 0 unspecified atom stereocenters. The van der Waals surface area contributed by atoms with E-state index in [0.717, 1.165) is 16.7 Å². The van der Waals surface area contributed by atoms with Crippen molar-refractivity contribution in [1.29, 1.82) is 0 Å². The van der Waals surface area contributed by atoms with Gasteiger partial charge in [-0.15, -0.1) is 11.3 Å². The molecule has 1 N–H and O–H groups in total. The Bertz CT molecular complexity index is 1310. The fourth-order valence-electron chi connectivity index (χ4n) is 2.91. The Hall–Kier alpha value is -3.29. The average Bonchev–Trinajstić information content (AvgIpc) is 3.13. The normalized spacial score (nSPS) is 11.7. The summed E-state index contributed by atoms with van der Waals surface area (Å²) in [5, 5.41) is 13.4. The van der Waals surface area contributed by atoms with E-state index in [0.29, 0.717) is 15.8 Å². The number of fused-ring (bicyclic) bond motifs is 1. The maximum atomic E-state index is 12.7. The number of rotatable bonds is 4. The van der Waals surface area contributed by atoms with Crippen LogP contribution in [0.4, 0.5) is 5.69 Å². The molecule has 0 bridgehead atoms. The molecule has 0 aliphatic heterocycles. The third-order valence-electron chi connectivity index (χ3n) is 4.43. The summed E-state index contributed by atoms with van der Waals surface area (Å²) in [5.74, 6) is 0.250. The first kappa shape index (κ1) is 19.0. The van der Waals surface area contributed by atoms with Gasteiger partial charge in [-0.1, -0.05) is 41.4 Å². The van der Waals surface area contributed by atoms with Crippen LogP contribution >= 0.6 is 22.9 Å². The Morgan fingerprint density at radius 3 is 2.52 bits per heavy atom. The molecule has 0 amide bonds. The van der Waals surface area contributed by atoms with E-state index in [9.17, 15) is 14.9 Å². The van der Waals surface area contributed by atoms with Gasteiger partial charge in [0.2, 0.25) is 0 Å². The Kier molecular flexibility index (Phi) is 5.00. The molecule has 4 rings (SSSR count). The number of benzene rings is 2. The van der Waals surface area contributed by atoms with Crippen LogP contribution in [0.1, 0.15) is 17.0 Å². The standard InChI is InChI=1S/C21H14ClN3O3S/c1-12-2-6-14(7-3-12)16-11-29-21-18(16)20(26)23-19(24-21)17(22)10-13-4-8-15(9-5-13)25(27)28/h2-11H,1H3,(H,23,24,26)/b17-10-. The van der Waals surface area contributed by atoms with Gasteiger partial charge in [-0.3, -0.25) is 14.9 Å². The highest BCUT2D eigenvalue weighted by atomic mass is 35.5. The van der Waals surface area contributed by atoms with Crippen LogP contribution in [0, 0.1) is 17.0 Å².